The van der Waals surface area contributed by atoms with Crippen molar-refractivity contribution in [3.05, 3.63) is 46.4 Å². The Labute approximate surface area is 148 Å². The third-order valence-electron chi connectivity index (χ3n) is 5.18. The fourth-order valence-electron chi connectivity index (χ4n) is 4.05. The number of ether oxygens (including phenoxy) is 2. The number of nitrogens with zero attached hydrogens (tertiary/aromatic N) is 2. The first-order valence-electron chi connectivity index (χ1n) is 8.83. The van der Waals surface area contributed by atoms with Crippen molar-refractivity contribution in [3.8, 4) is 11.5 Å². The molecule has 0 radical (unpaired) electrons. The summed E-state index contributed by atoms with van der Waals surface area (Å²) >= 11 is 0. The summed E-state index contributed by atoms with van der Waals surface area (Å²) in [6.07, 6.45) is 4.60. The summed E-state index contributed by atoms with van der Waals surface area (Å²) in [7, 11) is 1.68. The molecule has 5 heteroatoms. The highest BCUT2D eigenvalue weighted by Crippen LogP contribution is 2.38. The Balaban J connectivity index is 1.57. The summed E-state index contributed by atoms with van der Waals surface area (Å²) in [5.41, 5.74) is 4.66. The number of fused-ring (bicyclic) bond motifs is 1. The third kappa shape index (κ3) is 2.93. The fraction of sp³-hybridized carbons (Fsp3) is 0.450. The molecule has 0 N–H and O–H groups in total. The summed E-state index contributed by atoms with van der Waals surface area (Å²) < 4.78 is 16.8. The van der Waals surface area contributed by atoms with Crippen molar-refractivity contribution in [1.82, 2.24) is 10.1 Å². The molecule has 2 aliphatic heterocycles. The predicted molar refractivity (Wildman–Crippen MR) is 96.0 cm³/mol. The van der Waals surface area contributed by atoms with Gasteiger partial charge in [0.15, 0.2) is 11.5 Å². The largest absolute Gasteiger partial charge is 0.493 e. The van der Waals surface area contributed by atoms with E-state index < -0.39 is 0 Å². The van der Waals surface area contributed by atoms with E-state index in [-0.39, 0.29) is 0 Å². The number of benzene rings is 1. The average Bonchev–Trinajstić information content (AvgIpc) is 3.20. The van der Waals surface area contributed by atoms with Crippen LogP contribution in [0.5, 0.6) is 11.5 Å². The number of hydrogen-bond acceptors (Lipinski definition) is 5. The maximum Gasteiger partial charge on any atom is 0.168 e. The molecule has 1 aromatic carbocycles. The Morgan fingerprint density at radius 1 is 1.32 bits per heavy atom. The van der Waals surface area contributed by atoms with Gasteiger partial charge in [-0.2, -0.15) is 0 Å². The van der Waals surface area contributed by atoms with Crippen LogP contribution in [-0.2, 0) is 0 Å². The van der Waals surface area contributed by atoms with E-state index in [2.05, 4.69) is 22.2 Å². The van der Waals surface area contributed by atoms with Crippen molar-refractivity contribution >= 4 is 6.08 Å². The third-order valence-corrected chi connectivity index (χ3v) is 5.18. The number of aromatic nitrogens is 1. The van der Waals surface area contributed by atoms with Gasteiger partial charge in [0.1, 0.15) is 12.4 Å². The Kier molecular flexibility index (Phi) is 4.25. The van der Waals surface area contributed by atoms with Crippen molar-refractivity contribution in [2.45, 2.75) is 32.7 Å². The van der Waals surface area contributed by atoms with Crippen LogP contribution in [0.3, 0.4) is 0 Å². The quantitative estimate of drug-likeness (QED) is 0.844. The van der Waals surface area contributed by atoms with Crippen LogP contribution < -0.4 is 9.47 Å². The zero-order valence-electron chi connectivity index (χ0n) is 15.0. The molecule has 3 heterocycles. The van der Waals surface area contributed by atoms with Gasteiger partial charge in [-0.15, -0.1) is 0 Å². The van der Waals surface area contributed by atoms with Crippen LogP contribution in [0.2, 0.25) is 0 Å². The molecule has 1 saturated heterocycles. The maximum absolute atomic E-state index is 5.99. The standard InChI is InChI=1S/C20H24N2O3/c1-13-19(14(2)25-21-13)17-7-5-9-22(17)11-15-10-16-6-4-8-18(23-3)20(16)24-12-15/h4,6,8,10,17H,5,7,9,11-12H2,1-3H3. The van der Waals surface area contributed by atoms with Gasteiger partial charge < -0.3 is 14.0 Å². The van der Waals surface area contributed by atoms with E-state index in [4.69, 9.17) is 14.0 Å². The summed E-state index contributed by atoms with van der Waals surface area (Å²) in [6.45, 7) is 6.66. The molecular weight excluding hydrogens is 316 g/mol. The number of para-hydroxylation sites is 1. The fourth-order valence-corrected chi connectivity index (χ4v) is 4.05. The number of aryl methyl sites for hydroxylation is 2. The van der Waals surface area contributed by atoms with Crippen LogP contribution in [0.15, 0.2) is 28.3 Å². The first kappa shape index (κ1) is 16.2. The molecule has 25 heavy (non-hydrogen) atoms. The number of likely N-dealkylation sites (tertiary alicyclic amines) is 1. The SMILES string of the molecule is COc1cccc2c1OCC(CN1CCCC1c1c(C)noc1C)=C2. The van der Waals surface area contributed by atoms with E-state index in [0.29, 0.717) is 12.6 Å². The number of hydrogen-bond donors (Lipinski definition) is 0. The second kappa shape index (κ2) is 6.56. The van der Waals surface area contributed by atoms with Gasteiger partial charge in [0, 0.05) is 23.7 Å². The molecule has 132 valence electrons. The van der Waals surface area contributed by atoms with Gasteiger partial charge in [-0.3, -0.25) is 4.90 Å². The van der Waals surface area contributed by atoms with Crippen molar-refractivity contribution < 1.29 is 14.0 Å². The lowest BCUT2D eigenvalue weighted by atomic mass is 10.0. The molecule has 4 rings (SSSR count). The zero-order chi connectivity index (χ0) is 17.4. The van der Waals surface area contributed by atoms with E-state index in [9.17, 15) is 0 Å². The number of methoxy groups -OCH3 is 1. The van der Waals surface area contributed by atoms with E-state index >= 15 is 0 Å². The van der Waals surface area contributed by atoms with E-state index in [0.717, 1.165) is 48.0 Å². The van der Waals surface area contributed by atoms with Gasteiger partial charge in [-0.05, 0) is 50.9 Å². The highest BCUT2D eigenvalue weighted by Gasteiger charge is 2.31. The van der Waals surface area contributed by atoms with Gasteiger partial charge in [0.2, 0.25) is 0 Å². The van der Waals surface area contributed by atoms with Gasteiger partial charge in [-0.1, -0.05) is 17.3 Å². The van der Waals surface area contributed by atoms with Crippen LogP contribution in [0.25, 0.3) is 6.08 Å². The second-order valence-electron chi connectivity index (χ2n) is 6.84. The minimum absolute atomic E-state index is 0.388. The minimum Gasteiger partial charge on any atom is -0.493 e. The molecule has 5 nitrogen and oxygen atoms in total. The number of rotatable bonds is 4. The topological polar surface area (TPSA) is 47.7 Å². The van der Waals surface area contributed by atoms with Crippen LogP contribution >= 0.6 is 0 Å². The molecule has 0 amide bonds. The molecule has 1 aromatic heterocycles. The highest BCUT2D eigenvalue weighted by atomic mass is 16.5. The lowest BCUT2D eigenvalue weighted by Gasteiger charge is -2.27. The molecule has 0 saturated carbocycles. The average molecular weight is 340 g/mol. The molecule has 1 atom stereocenters. The van der Waals surface area contributed by atoms with Crippen molar-refractivity contribution in [2.24, 2.45) is 0 Å². The Morgan fingerprint density at radius 3 is 2.96 bits per heavy atom. The van der Waals surface area contributed by atoms with Crippen LogP contribution in [-0.4, -0.2) is 36.9 Å². The molecular formula is C20H24N2O3. The first-order valence-corrected chi connectivity index (χ1v) is 8.83. The van der Waals surface area contributed by atoms with Crippen LogP contribution in [0, 0.1) is 13.8 Å². The monoisotopic (exact) mass is 340 g/mol. The summed E-state index contributed by atoms with van der Waals surface area (Å²) in [4.78, 5) is 2.52. The summed E-state index contributed by atoms with van der Waals surface area (Å²) in [5, 5.41) is 4.14. The van der Waals surface area contributed by atoms with Crippen LogP contribution in [0.1, 0.15) is 41.5 Å². The van der Waals surface area contributed by atoms with Crippen molar-refractivity contribution in [2.75, 3.05) is 26.8 Å². The van der Waals surface area contributed by atoms with Crippen molar-refractivity contribution in [1.29, 1.82) is 0 Å². The molecule has 0 spiro atoms. The Bertz CT molecular complexity index is 790. The predicted octanol–water partition coefficient (Wildman–Crippen LogP) is 3.91. The molecule has 0 aliphatic carbocycles. The Morgan fingerprint density at radius 2 is 2.20 bits per heavy atom. The summed E-state index contributed by atoms with van der Waals surface area (Å²) in [5.74, 6) is 2.58. The molecule has 1 unspecified atom stereocenters. The lowest BCUT2D eigenvalue weighted by Crippen LogP contribution is -2.28. The first-order chi connectivity index (χ1) is 12.2. The molecule has 1 fully saturated rings. The summed E-state index contributed by atoms with van der Waals surface area (Å²) in [6, 6.07) is 6.40. The van der Waals surface area contributed by atoms with Crippen LogP contribution in [0.4, 0.5) is 0 Å². The van der Waals surface area contributed by atoms with Gasteiger partial charge >= 0.3 is 0 Å². The van der Waals surface area contributed by atoms with E-state index in [1.807, 2.05) is 26.0 Å². The van der Waals surface area contributed by atoms with Gasteiger partial charge in [0.25, 0.3) is 0 Å². The van der Waals surface area contributed by atoms with E-state index in [1.54, 1.807) is 7.11 Å². The highest BCUT2D eigenvalue weighted by molar-refractivity contribution is 5.66. The molecule has 2 aliphatic rings. The molecule has 2 aromatic rings. The normalized spacial score (nSPS) is 20.1. The Hall–Kier alpha value is -2.27. The second-order valence-corrected chi connectivity index (χ2v) is 6.84. The minimum atomic E-state index is 0.388. The van der Waals surface area contributed by atoms with Gasteiger partial charge in [-0.25, -0.2) is 0 Å². The molecule has 0 bridgehead atoms. The van der Waals surface area contributed by atoms with E-state index in [1.165, 1.54) is 17.6 Å². The lowest BCUT2D eigenvalue weighted by molar-refractivity contribution is 0.254. The van der Waals surface area contributed by atoms with Gasteiger partial charge in [0.05, 0.1) is 12.8 Å². The van der Waals surface area contributed by atoms with Crippen molar-refractivity contribution in [3.63, 3.8) is 0 Å². The maximum atomic E-state index is 5.99. The zero-order valence-corrected chi connectivity index (χ0v) is 15.0. The smallest absolute Gasteiger partial charge is 0.168 e.